The smallest absolute Gasteiger partial charge is 0.133 e. The summed E-state index contributed by atoms with van der Waals surface area (Å²) in [6, 6.07) is 0. The molecule has 0 spiro atoms. The molecule has 0 saturated heterocycles. The Kier molecular flexibility index (Phi) is 3.93. The molecule has 4 aliphatic rings. The third-order valence-corrected chi connectivity index (χ3v) is 9.11. The van der Waals surface area contributed by atoms with Gasteiger partial charge in [0.25, 0.3) is 0 Å². The molecule has 4 fully saturated rings. The molecule has 24 heavy (non-hydrogen) atoms. The number of carbonyl (C=O) groups is 1. The first-order chi connectivity index (χ1) is 11.3. The molecule has 9 unspecified atom stereocenters. The highest BCUT2D eigenvalue weighted by Crippen LogP contribution is 2.67. The third kappa shape index (κ3) is 2.19. The van der Waals surface area contributed by atoms with Crippen LogP contribution in [-0.4, -0.2) is 28.2 Å². The van der Waals surface area contributed by atoms with Crippen LogP contribution in [0.25, 0.3) is 0 Å². The van der Waals surface area contributed by atoms with Crippen LogP contribution < -0.4 is 0 Å². The predicted octanol–water partition coefficient (Wildman–Crippen LogP) is 3.57. The number of fused-ring (bicyclic) bond motifs is 5. The van der Waals surface area contributed by atoms with E-state index in [0.717, 1.165) is 25.7 Å². The molecule has 2 N–H and O–H groups in total. The molecule has 3 nitrogen and oxygen atoms in total. The van der Waals surface area contributed by atoms with Gasteiger partial charge in [-0.2, -0.15) is 0 Å². The second-order valence-electron chi connectivity index (χ2n) is 10.0. The van der Waals surface area contributed by atoms with Gasteiger partial charge < -0.3 is 10.2 Å². The number of aliphatic hydroxyl groups is 2. The summed E-state index contributed by atoms with van der Waals surface area (Å²) in [5.41, 5.74) is 0.335. The Morgan fingerprint density at radius 2 is 1.67 bits per heavy atom. The number of hydrogen-bond acceptors (Lipinski definition) is 3. The minimum atomic E-state index is -0.300. The highest BCUT2D eigenvalue weighted by Gasteiger charge is 2.63. The number of hydrogen-bond donors (Lipinski definition) is 2. The number of carbonyl (C=O) groups excluding carboxylic acids is 1. The molecule has 0 amide bonds. The number of Topliss-reactive ketones (excluding diaryl/α,β-unsaturated/α-hetero) is 1. The lowest BCUT2D eigenvalue weighted by molar-refractivity contribution is -0.145. The molecule has 9 atom stereocenters. The standard InChI is InChI=1S/C21H34O3/c1-12(22)17-11-18(24)19-15-5-4-13-10-14(23)6-8-20(13,2)16(15)7-9-21(17,19)3/h13-19,23-24H,4-11H2,1-3H3. The second kappa shape index (κ2) is 5.54. The average molecular weight is 335 g/mol. The molecule has 4 saturated carbocycles. The topological polar surface area (TPSA) is 57.5 Å². The van der Waals surface area contributed by atoms with E-state index in [1.54, 1.807) is 6.92 Å². The summed E-state index contributed by atoms with van der Waals surface area (Å²) in [5, 5.41) is 21.0. The van der Waals surface area contributed by atoms with Crippen LogP contribution in [0.1, 0.15) is 72.1 Å². The normalized spacial score (nSPS) is 57.0. The van der Waals surface area contributed by atoms with E-state index in [9.17, 15) is 15.0 Å². The zero-order valence-corrected chi connectivity index (χ0v) is 15.5. The van der Waals surface area contributed by atoms with Crippen LogP contribution in [0.4, 0.5) is 0 Å². The van der Waals surface area contributed by atoms with Crippen LogP contribution >= 0.6 is 0 Å². The maximum atomic E-state index is 12.2. The SMILES string of the molecule is CC(=O)C1CC(O)C2C3CCC4CC(O)CCC4(C)C3CCC12C. The Hall–Kier alpha value is -0.410. The van der Waals surface area contributed by atoms with Crippen LogP contribution in [0.2, 0.25) is 0 Å². The zero-order valence-electron chi connectivity index (χ0n) is 15.5. The van der Waals surface area contributed by atoms with Crippen molar-refractivity contribution in [1.29, 1.82) is 0 Å². The van der Waals surface area contributed by atoms with Gasteiger partial charge in [0.15, 0.2) is 0 Å². The second-order valence-corrected chi connectivity index (χ2v) is 10.0. The Bertz CT molecular complexity index is 531. The minimum Gasteiger partial charge on any atom is -0.393 e. The zero-order chi connectivity index (χ0) is 17.3. The molecule has 0 aromatic rings. The van der Waals surface area contributed by atoms with Crippen molar-refractivity contribution in [2.75, 3.05) is 0 Å². The highest BCUT2D eigenvalue weighted by atomic mass is 16.3. The van der Waals surface area contributed by atoms with Gasteiger partial charge in [-0.15, -0.1) is 0 Å². The van der Waals surface area contributed by atoms with Crippen molar-refractivity contribution in [3.8, 4) is 0 Å². The summed E-state index contributed by atoms with van der Waals surface area (Å²) in [6.45, 7) is 6.47. The van der Waals surface area contributed by atoms with Crippen molar-refractivity contribution in [3.05, 3.63) is 0 Å². The Morgan fingerprint density at radius 3 is 2.38 bits per heavy atom. The molecular weight excluding hydrogens is 300 g/mol. The van der Waals surface area contributed by atoms with Crippen LogP contribution in [-0.2, 0) is 4.79 Å². The average Bonchev–Trinajstić information content (AvgIpc) is 2.80. The van der Waals surface area contributed by atoms with Gasteiger partial charge in [0, 0.05) is 5.92 Å². The van der Waals surface area contributed by atoms with Crippen molar-refractivity contribution in [1.82, 2.24) is 0 Å². The number of ketones is 1. The molecule has 3 heteroatoms. The molecule has 0 aliphatic heterocycles. The number of aliphatic hydroxyl groups excluding tert-OH is 2. The van der Waals surface area contributed by atoms with Crippen LogP contribution in [0.3, 0.4) is 0 Å². The van der Waals surface area contributed by atoms with E-state index in [1.165, 1.54) is 19.3 Å². The lowest BCUT2D eigenvalue weighted by Crippen LogP contribution is -2.55. The van der Waals surface area contributed by atoms with E-state index in [-0.39, 0.29) is 29.3 Å². The first kappa shape index (κ1) is 17.0. The van der Waals surface area contributed by atoms with E-state index >= 15 is 0 Å². The van der Waals surface area contributed by atoms with Crippen LogP contribution in [0.15, 0.2) is 0 Å². The maximum Gasteiger partial charge on any atom is 0.133 e. The molecule has 0 heterocycles. The van der Waals surface area contributed by atoms with Gasteiger partial charge in [0.05, 0.1) is 12.2 Å². The number of rotatable bonds is 1. The minimum absolute atomic E-state index is 0.00376. The fraction of sp³-hybridized carbons (Fsp3) is 0.952. The fourth-order valence-electron chi connectivity index (χ4n) is 7.93. The first-order valence-corrected chi connectivity index (χ1v) is 10.1. The van der Waals surface area contributed by atoms with E-state index < -0.39 is 0 Å². The Morgan fingerprint density at radius 1 is 0.958 bits per heavy atom. The van der Waals surface area contributed by atoms with Crippen LogP contribution in [0, 0.1) is 40.4 Å². The molecule has 4 aliphatic carbocycles. The lowest BCUT2D eigenvalue weighted by Gasteiger charge is -2.61. The summed E-state index contributed by atoms with van der Waals surface area (Å²) in [4.78, 5) is 12.2. The van der Waals surface area contributed by atoms with Crippen molar-refractivity contribution in [2.45, 2.75) is 84.3 Å². The fourth-order valence-corrected chi connectivity index (χ4v) is 7.93. The highest BCUT2D eigenvalue weighted by molar-refractivity contribution is 5.79. The summed E-state index contributed by atoms with van der Waals surface area (Å²) < 4.78 is 0. The summed E-state index contributed by atoms with van der Waals surface area (Å²) in [7, 11) is 0. The molecule has 136 valence electrons. The molecule has 4 rings (SSSR count). The quantitative estimate of drug-likeness (QED) is 0.771. The largest absolute Gasteiger partial charge is 0.393 e. The van der Waals surface area contributed by atoms with Gasteiger partial charge in [-0.3, -0.25) is 4.79 Å². The summed E-state index contributed by atoms with van der Waals surface area (Å²) in [6.07, 6.45) is 7.99. The van der Waals surface area contributed by atoms with Gasteiger partial charge in [-0.25, -0.2) is 0 Å². The Balaban J connectivity index is 1.65. The van der Waals surface area contributed by atoms with Crippen molar-refractivity contribution >= 4 is 5.78 Å². The Labute approximate surface area is 146 Å². The molecule has 0 aromatic carbocycles. The molecule has 0 radical (unpaired) electrons. The van der Waals surface area contributed by atoms with E-state index in [1.807, 2.05) is 0 Å². The van der Waals surface area contributed by atoms with Crippen LogP contribution in [0.5, 0.6) is 0 Å². The molecule has 0 aromatic heterocycles. The lowest BCUT2D eigenvalue weighted by atomic mass is 9.44. The summed E-state index contributed by atoms with van der Waals surface area (Å²) in [5.74, 6) is 2.51. The van der Waals surface area contributed by atoms with Gasteiger partial charge in [-0.1, -0.05) is 13.8 Å². The molecular formula is C21H34O3. The van der Waals surface area contributed by atoms with Gasteiger partial charge in [0.1, 0.15) is 5.78 Å². The monoisotopic (exact) mass is 334 g/mol. The third-order valence-electron chi connectivity index (χ3n) is 9.11. The van der Waals surface area contributed by atoms with E-state index in [2.05, 4.69) is 13.8 Å². The predicted molar refractivity (Wildman–Crippen MR) is 93.3 cm³/mol. The maximum absolute atomic E-state index is 12.2. The van der Waals surface area contributed by atoms with E-state index in [4.69, 9.17) is 0 Å². The van der Waals surface area contributed by atoms with Gasteiger partial charge >= 0.3 is 0 Å². The first-order valence-electron chi connectivity index (χ1n) is 10.1. The van der Waals surface area contributed by atoms with Crippen molar-refractivity contribution in [3.63, 3.8) is 0 Å². The van der Waals surface area contributed by atoms with E-state index in [0.29, 0.717) is 35.5 Å². The summed E-state index contributed by atoms with van der Waals surface area (Å²) >= 11 is 0. The molecule has 0 bridgehead atoms. The van der Waals surface area contributed by atoms with Crippen molar-refractivity contribution < 1.29 is 15.0 Å². The van der Waals surface area contributed by atoms with Gasteiger partial charge in [0.2, 0.25) is 0 Å². The van der Waals surface area contributed by atoms with Gasteiger partial charge in [-0.05, 0) is 92.8 Å². The van der Waals surface area contributed by atoms with Crippen molar-refractivity contribution in [2.24, 2.45) is 40.4 Å².